The van der Waals surface area contributed by atoms with E-state index < -0.39 is 0 Å². The first-order valence-corrected chi connectivity index (χ1v) is 10.3. The second-order valence-electron chi connectivity index (χ2n) is 7.08. The lowest BCUT2D eigenvalue weighted by Gasteiger charge is -2.20. The molecule has 0 unspecified atom stereocenters. The Balaban J connectivity index is 1.61. The number of nitrogens with one attached hydrogen (secondary N) is 1. The summed E-state index contributed by atoms with van der Waals surface area (Å²) in [4.78, 5) is 17.5. The molecule has 28 heavy (non-hydrogen) atoms. The van der Waals surface area contributed by atoms with Gasteiger partial charge in [-0.25, -0.2) is 0 Å². The van der Waals surface area contributed by atoms with Gasteiger partial charge in [0.2, 0.25) is 5.91 Å². The Bertz CT molecular complexity index is 1040. The number of nitriles is 1. The number of benzene rings is 1. The molecule has 144 valence electrons. The Morgan fingerprint density at radius 1 is 1.43 bits per heavy atom. The van der Waals surface area contributed by atoms with Gasteiger partial charge >= 0.3 is 0 Å². The van der Waals surface area contributed by atoms with E-state index in [2.05, 4.69) is 31.9 Å². The van der Waals surface area contributed by atoms with Crippen LogP contribution in [-0.2, 0) is 4.79 Å². The van der Waals surface area contributed by atoms with Crippen LogP contribution in [0.4, 0.5) is 0 Å². The normalized spacial score (nSPS) is 14.8. The standard InChI is InChI=1S/C20H22N6OS/c1-13(19(27)25(2)11-5-10-21)28-20-24-23-18(26(20)14-8-9-14)16-12-22-17-7-4-3-6-15(16)17/h3-4,6-7,12-14,22H,5,8-9,11H2,1-2H3/t13-/m1/s1. The van der Waals surface area contributed by atoms with Crippen LogP contribution in [0.25, 0.3) is 22.3 Å². The number of carbonyl (C=O) groups is 1. The number of para-hydroxylation sites is 1. The van der Waals surface area contributed by atoms with E-state index in [1.807, 2.05) is 31.3 Å². The first-order valence-electron chi connectivity index (χ1n) is 9.40. The molecule has 1 aliphatic carbocycles. The lowest BCUT2D eigenvalue weighted by Crippen LogP contribution is -2.34. The van der Waals surface area contributed by atoms with Crippen molar-refractivity contribution in [3.05, 3.63) is 30.5 Å². The summed E-state index contributed by atoms with van der Waals surface area (Å²) in [5.74, 6) is 0.846. The van der Waals surface area contributed by atoms with Crippen molar-refractivity contribution in [2.24, 2.45) is 0 Å². The van der Waals surface area contributed by atoms with Crippen molar-refractivity contribution in [1.82, 2.24) is 24.6 Å². The summed E-state index contributed by atoms with van der Waals surface area (Å²) >= 11 is 1.44. The molecule has 1 fully saturated rings. The second-order valence-corrected chi connectivity index (χ2v) is 8.39. The topological polar surface area (TPSA) is 90.6 Å². The summed E-state index contributed by atoms with van der Waals surface area (Å²) in [5, 5.41) is 19.2. The van der Waals surface area contributed by atoms with Gasteiger partial charge in [-0.05, 0) is 25.8 Å². The number of hydrogen-bond donors (Lipinski definition) is 1. The molecule has 1 aromatic carbocycles. The van der Waals surface area contributed by atoms with E-state index in [1.165, 1.54) is 11.8 Å². The number of fused-ring (bicyclic) bond motifs is 1. The molecule has 8 heteroatoms. The number of amides is 1. The third kappa shape index (κ3) is 3.50. The Labute approximate surface area is 167 Å². The van der Waals surface area contributed by atoms with Crippen molar-refractivity contribution >= 4 is 28.6 Å². The van der Waals surface area contributed by atoms with Crippen LogP contribution in [-0.4, -0.2) is 49.4 Å². The quantitative estimate of drug-likeness (QED) is 0.618. The van der Waals surface area contributed by atoms with Crippen LogP contribution < -0.4 is 0 Å². The lowest BCUT2D eigenvalue weighted by molar-refractivity contribution is -0.128. The SMILES string of the molecule is C[C@@H](Sc1nnc(-c2c[nH]c3ccccc23)n1C1CC1)C(=O)N(C)CCC#N. The minimum atomic E-state index is -0.291. The molecule has 0 radical (unpaired) electrons. The van der Waals surface area contributed by atoms with E-state index in [0.717, 1.165) is 40.3 Å². The maximum atomic E-state index is 12.6. The maximum Gasteiger partial charge on any atom is 0.235 e. The Morgan fingerprint density at radius 2 is 2.21 bits per heavy atom. The van der Waals surface area contributed by atoms with E-state index >= 15 is 0 Å². The van der Waals surface area contributed by atoms with Crippen LogP contribution >= 0.6 is 11.8 Å². The first-order chi connectivity index (χ1) is 13.6. The highest BCUT2D eigenvalue weighted by Crippen LogP contribution is 2.42. The Morgan fingerprint density at radius 3 is 2.96 bits per heavy atom. The third-order valence-electron chi connectivity index (χ3n) is 4.97. The molecular formula is C20H22N6OS. The fourth-order valence-electron chi connectivity index (χ4n) is 3.31. The number of hydrogen-bond acceptors (Lipinski definition) is 5. The largest absolute Gasteiger partial charge is 0.360 e. The monoisotopic (exact) mass is 394 g/mol. The molecule has 1 atom stereocenters. The fourth-order valence-corrected chi connectivity index (χ4v) is 4.34. The highest BCUT2D eigenvalue weighted by atomic mass is 32.2. The van der Waals surface area contributed by atoms with Crippen LogP contribution in [0.1, 0.15) is 32.2 Å². The second kappa shape index (κ2) is 7.68. The predicted octanol–water partition coefficient (Wildman–Crippen LogP) is 3.61. The van der Waals surface area contributed by atoms with Gasteiger partial charge in [-0.1, -0.05) is 30.0 Å². The van der Waals surface area contributed by atoms with Crippen LogP contribution in [0.15, 0.2) is 35.6 Å². The summed E-state index contributed by atoms with van der Waals surface area (Å²) in [5.41, 5.74) is 2.10. The number of thioether (sulfide) groups is 1. The molecule has 2 heterocycles. The summed E-state index contributed by atoms with van der Waals surface area (Å²) in [6.07, 6.45) is 4.52. The average Bonchev–Trinajstić information content (AvgIpc) is 3.33. The molecular weight excluding hydrogens is 372 g/mol. The number of nitrogens with zero attached hydrogens (tertiary/aromatic N) is 5. The van der Waals surface area contributed by atoms with E-state index in [9.17, 15) is 4.79 Å². The van der Waals surface area contributed by atoms with Crippen LogP contribution in [0.3, 0.4) is 0 Å². The van der Waals surface area contributed by atoms with Gasteiger partial charge in [0.15, 0.2) is 11.0 Å². The summed E-state index contributed by atoms with van der Waals surface area (Å²) in [7, 11) is 1.74. The summed E-state index contributed by atoms with van der Waals surface area (Å²) < 4.78 is 2.18. The minimum absolute atomic E-state index is 0.000703. The molecule has 7 nitrogen and oxygen atoms in total. The van der Waals surface area contributed by atoms with Crippen molar-refractivity contribution in [1.29, 1.82) is 5.26 Å². The summed E-state index contributed by atoms with van der Waals surface area (Å²) in [6, 6.07) is 10.6. The molecule has 0 aliphatic heterocycles. The van der Waals surface area contributed by atoms with Crippen molar-refractivity contribution in [2.45, 2.75) is 42.6 Å². The van der Waals surface area contributed by atoms with Gasteiger partial charge in [0.1, 0.15) is 0 Å². The third-order valence-corrected chi connectivity index (χ3v) is 6.02. The molecule has 0 spiro atoms. The number of aromatic nitrogens is 4. The lowest BCUT2D eigenvalue weighted by atomic mass is 10.1. The number of H-pyrrole nitrogens is 1. The van der Waals surface area contributed by atoms with Gasteiger partial charge < -0.3 is 9.88 Å². The van der Waals surface area contributed by atoms with Gasteiger partial charge in [-0.2, -0.15) is 5.26 Å². The minimum Gasteiger partial charge on any atom is -0.360 e. The molecule has 3 aromatic rings. The smallest absolute Gasteiger partial charge is 0.235 e. The van der Waals surface area contributed by atoms with Gasteiger partial charge in [-0.15, -0.1) is 10.2 Å². The van der Waals surface area contributed by atoms with Crippen molar-refractivity contribution in [3.8, 4) is 17.5 Å². The molecule has 2 aromatic heterocycles. The van der Waals surface area contributed by atoms with Crippen molar-refractivity contribution in [3.63, 3.8) is 0 Å². The van der Waals surface area contributed by atoms with Crippen LogP contribution in [0.5, 0.6) is 0 Å². The zero-order chi connectivity index (χ0) is 19.7. The highest BCUT2D eigenvalue weighted by Gasteiger charge is 2.32. The molecule has 1 saturated carbocycles. The van der Waals surface area contributed by atoms with E-state index in [1.54, 1.807) is 11.9 Å². The maximum absolute atomic E-state index is 12.6. The fraction of sp³-hybridized carbons (Fsp3) is 0.400. The molecule has 0 saturated heterocycles. The first kappa shape index (κ1) is 18.6. The molecule has 1 aliphatic rings. The molecule has 0 bridgehead atoms. The van der Waals surface area contributed by atoms with E-state index in [4.69, 9.17) is 5.26 Å². The summed E-state index contributed by atoms with van der Waals surface area (Å²) in [6.45, 7) is 2.32. The Hall–Kier alpha value is -2.79. The number of carbonyl (C=O) groups excluding carboxylic acids is 1. The average molecular weight is 395 g/mol. The zero-order valence-electron chi connectivity index (χ0n) is 15.9. The van der Waals surface area contributed by atoms with E-state index in [-0.39, 0.29) is 11.2 Å². The van der Waals surface area contributed by atoms with Crippen molar-refractivity contribution in [2.75, 3.05) is 13.6 Å². The zero-order valence-corrected chi connectivity index (χ0v) is 16.7. The number of aromatic amines is 1. The number of rotatable bonds is 7. The van der Waals surface area contributed by atoms with Gasteiger partial charge in [-0.3, -0.25) is 9.36 Å². The predicted molar refractivity (Wildman–Crippen MR) is 109 cm³/mol. The molecule has 1 N–H and O–H groups in total. The molecule has 4 rings (SSSR count). The van der Waals surface area contributed by atoms with Crippen LogP contribution in [0.2, 0.25) is 0 Å². The van der Waals surface area contributed by atoms with Crippen molar-refractivity contribution < 1.29 is 4.79 Å². The highest BCUT2D eigenvalue weighted by molar-refractivity contribution is 8.00. The Kier molecular flexibility index (Phi) is 5.09. The van der Waals surface area contributed by atoms with Gasteiger partial charge in [0.05, 0.1) is 17.7 Å². The van der Waals surface area contributed by atoms with Gasteiger partial charge in [0, 0.05) is 42.3 Å². The van der Waals surface area contributed by atoms with Gasteiger partial charge in [0.25, 0.3) is 0 Å². The molecule has 1 amide bonds. The van der Waals surface area contributed by atoms with E-state index in [0.29, 0.717) is 19.0 Å². The van der Waals surface area contributed by atoms with Crippen LogP contribution in [0, 0.1) is 11.3 Å².